The van der Waals surface area contributed by atoms with Crippen molar-refractivity contribution in [3.8, 4) is 0 Å². The topological polar surface area (TPSA) is 12.9 Å². The molecule has 0 fully saturated rings. The smallest absolute Gasteiger partial charge is 0.0713 e. The Morgan fingerprint density at radius 3 is 2.87 bits per heavy atom. The molecule has 2 rings (SSSR count). The van der Waals surface area contributed by atoms with Crippen LogP contribution in [0.1, 0.15) is 31.7 Å². The van der Waals surface area contributed by atoms with E-state index in [1.165, 1.54) is 17.4 Å². The summed E-state index contributed by atoms with van der Waals surface area (Å²) >= 11 is 3.56. The van der Waals surface area contributed by atoms with Crippen LogP contribution in [0.15, 0.2) is 34.9 Å². The van der Waals surface area contributed by atoms with E-state index in [9.17, 15) is 0 Å². The van der Waals surface area contributed by atoms with E-state index in [0.717, 1.165) is 9.99 Å². The molecule has 0 saturated heterocycles. The Balaban J connectivity index is 2.59. The highest BCUT2D eigenvalue weighted by Gasteiger charge is 2.05. The van der Waals surface area contributed by atoms with Gasteiger partial charge in [0.15, 0.2) is 0 Å². The van der Waals surface area contributed by atoms with Crippen molar-refractivity contribution < 1.29 is 0 Å². The number of benzene rings is 1. The van der Waals surface area contributed by atoms with Crippen LogP contribution in [-0.4, -0.2) is 4.98 Å². The first-order valence-corrected chi connectivity index (χ1v) is 6.06. The number of fused-ring (bicyclic) bond motifs is 1. The third-order valence-electron chi connectivity index (χ3n) is 2.89. The summed E-state index contributed by atoms with van der Waals surface area (Å²) in [6.45, 7) is 4.47. The van der Waals surface area contributed by atoms with Gasteiger partial charge in [-0.25, -0.2) is 0 Å². The predicted molar refractivity (Wildman–Crippen MR) is 68.1 cm³/mol. The quantitative estimate of drug-likeness (QED) is 0.777. The molecule has 0 aliphatic rings. The molecule has 0 aliphatic carbocycles. The summed E-state index contributed by atoms with van der Waals surface area (Å²) in [5, 5.41) is 1.20. The maximum atomic E-state index is 4.34. The van der Waals surface area contributed by atoms with E-state index in [4.69, 9.17) is 0 Å². The highest BCUT2D eigenvalue weighted by molar-refractivity contribution is 9.10. The lowest BCUT2D eigenvalue weighted by molar-refractivity contribution is 0.734. The summed E-state index contributed by atoms with van der Waals surface area (Å²) in [6, 6.07) is 8.50. The number of hydrogen-bond acceptors (Lipinski definition) is 1. The molecule has 0 aliphatic heterocycles. The maximum Gasteiger partial charge on any atom is 0.0713 e. The maximum absolute atomic E-state index is 4.34. The molecule has 0 N–H and O–H groups in total. The van der Waals surface area contributed by atoms with Crippen LogP contribution in [0.2, 0.25) is 0 Å². The van der Waals surface area contributed by atoms with Gasteiger partial charge >= 0.3 is 0 Å². The van der Waals surface area contributed by atoms with Gasteiger partial charge in [0.05, 0.1) is 5.52 Å². The third kappa shape index (κ3) is 2.05. The van der Waals surface area contributed by atoms with Gasteiger partial charge < -0.3 is 0 Å². The van der Waals surface area contributed by atoms with Gasteiger partial charge in [-0.2, -0.15) is 0 Å². The SMILES string of the molecule is CCC(C)c1ccc2nccc(Br)c2c1. The van der Waals surface area contributed by atoms with Crippen LogP contribution in [0.25, 0.3) is 10.9 Å². The molecule has 0 saturated carbocycles. The van der Waals surface area contributed by atoms with E-state index in [-0.39, 0.29) is 0 Å². The Labute approximate surface area is 98.7 Å². The van der Waals surface area contributed by atoms with Crippen LogP contribution in [0, 0.1) is 0 Å². The van der Waals surface area contributed by atoms with E-state index in [0.29, 0.717) is 5.92 Å². The van der Waals surface area contributed by atoms with Crippen molar-refractivity contribution in [3.63, 3.8) is 0 Å². The summed E-state index contributed by atoms with van der Waals surface area (Å²) in [5.74, 6) is 0.613. The van der Waals surface area contributed by atoms with Crippen molar-refractivity contribution in [1.82, 2.24) is 4.98 Å². The number of aromatic nitrogens is 1. The molecule has 1 unspecified atom stereocenters. The van der Waals surface area contributed by atoms with E-state index in [2.05, 4.69) is 53.0 Å². The Bertz CT molecular complexity index is 479. The minimum absolute atomic E-state index is 0.613. The summed E-state index contributed by atoms with van der Waals surface area (Å²) in [4.78, 5) is 4.34. The first-order chi connectivity index (χ1) is 7.22. The fraction of sp³-hybridized carbons (Fsp3) is 0.308. The minimum Gasteiger partial charge on any atom is -0.256 e. The van der Waals surface area contributed by atoms with Crippen LogP contribution in [0.4, 0.5) is 0 Å². The average Bonchev–Trinajstić information content (AvgIpc) is 2.28. The number of rotatable bonds is 2. The zero-order chi connectivity index (χ0) is 10.8. The van der Waals surface area contributed by atoms with Crippen LogP contribution in [0.5, 0.6) is 0 Å². The van der Waals surface area contributed by atoms with Crippen molar-refractivity contribution in [2.75, 3.05) is 0 Å². The van der Waals surface area contributed by atoms with Crippen molar-refractivity contribution in [2.45, 2.75) is 26.2 Å². The summed E-state index contributed by atoms with van der Waals surface area (Å²) in [6.07, 6.45) is 3.00. The molecule has 78 valence electrons. The Morgan fingerprint density at radius 1 is 1.33 bits per heavy atom. The highest BCUT2D eigenvalue weighted by atomic mass is 79.9. The normalized spacial score (nSPS) is 13.0. The van der Waals surface area contributed by atoms with Gasteiger partial charge in [-0.1, -0.05) is 35.8 Å². The molecule has 1 atom stereocenters. The standard InChI is InChI=1S/C13H14BrN/c1-3-9(2)10-4-5-13-11(8-10)12(14)6-7-15-13/h4-9H,3H2,1-2H3. The first-order valence-electron chi connectivity index (χ1n) is 5.26. The molecule has 1 nitrogen and oxygen atoms in total. The van der Waals surface area contributed by atoms with Gasteiger partial charge in [0.25, 0.3) is 0 Å². The first kappa shape index (κ1) is 10.6. The van der Waals surface area contributed by atoms with Gasteiger partial charge in [-0.15, -0.1) is 0 Å². The Kier molecular flexibility index (Phi) is 3.06. The van der Waals surface area contributed by atoms with Gasteiger partial charge in [-0.05, 0) is 36.1 Å². The molecule has 0 bridgehead atoms. The Hall–Kier alpha value is -0.890. The van der Waals surface area contributed by atoms with E-state index >= 15 is 0 Å². The summed E-state index contributed by atoms with van der Waals surface area (Å²) in [5.41, 5.74) is 2.44. The van der Waals surface area contributed by atoms with Crippen molar-refractivity contribution in [2.24, 2.45) is 0 Å². The highest BCUT2D eigenvalue weighted by Crippen LogP contribution is 2.27. The van der Waals surface area contributed by atoms with E-state index < -0.39 is 0 Å². The van der Waals surface area contributed by atoms with Gasteiger partial charge in [0.1, 0.15) is 0 Å². The average molecular weight is 264 g/mol. The van der Waals surface area contributed by atoms with E-state index in [1.807, 2.05) is 12.3 Å². The predicted octanol–water partition coefficient (Wildman–Crippen LogP) is 4.51. The molecule has 0 spiro atoms. The molecule has 1 aromatic heterocycles. The zero-order valence-corrected chi connectivity index (χ0v) is 10.6. The van der Waals surface area contributed by atoms with Crippen LogP contribution in [0.3, 0.4) is 0 Å². The Morgan fingerprint density at radius 2 is 2.13 bits per heavy atom. The fourth-order valence-corrected chi connectivity index (χ4v) is 2.11. The number of nitrogens with zero attached hydrogens (tertiary/aromatic N) is 1. The molecule has 0 amide bonds. The molecule has 15 heavy (non-hydrogen) atoms. The minimum atomic E-state index is 0.613. The van der Waals surface area contributed by atoms with Gasteiger partial charge in [0, 0.05) is 16.1 Å². The molecule has 2 aromatic rings. The second-order valence-corrected chi connectivity index (χ2v) is 4.73. The fourth-order valence-electron chi connectivity index (χ4n) is 1.67. The lowest BCUT2D eigenvalue weighted by atomic mass is 9.97. The third-order valence-corrected chi connectivity index (χ3v) is 3.59. The zero-order valence-electron chi connectivity index (χ0n) is 9.00. The number of halogens is 1. The second-order valence-electron chi connectivity index (χ2n) is 3.88. The summed E-state index contributed by atoms with van der Waals surface area (Å²) in [7, 11) is 0. The van der Waals surface area contributed by atoms with Crippen LogP contribution >= 0.6 is 15.9 Å². The molecule has 1 heterocycles. The monoisotopic (exact) mass is 263 g/mol. The van der Waals surface area contributed by atoms with Gasteiger partial charge in [0.2, 0.25) is 0 Å². The molecular weight excluding hydrogens is 250 g/mol. The molecule has 0 radical (unpaired) electrons. The van der Waals surface area contributed by atoms with Crippen LogP contribution in [-0.2, 0) is 0 Å². The molecule has 2 heteroatoms. The lowest BCUT2D eigenvalue weighted by Crippen LogP contribution is -1.91. The summed E-state index contributed by atoms with van der Waals surface area (Å²) < 4.78 is 1.12. The molecular formula is C13H14BrN. The van der Waals surface area contributed by atoms with E-state index in [1.54, 1.807) is 0 Å². The lowest BCUT2D eigenvalue weighted by Gasteiger charge is -2.10. The van der Waals surface area contributed by atoms with Crippen LogP contribution < -0.4 is 0 Å². The van der Waals surface area contributed by atoms with Crippen molar-refractivity contribution in [1.29, 1.82) is 0 Å². The van der Waals surface area contributed by atoms with Gasteiger partial charge in [-0.3, -0.25) is 4.98 Å². The number of hydrogen-bond donors (Lipinski definition) is 0. The van der Waals surface area contributed by atoms with Crippen molar-refractivity contribution in [3.05, 3.63) is 40.5 Å². The molecule has 1 aromatic carbocycles. The second kappa shape index (κ2) is 4.31. The van der Waals surface area contributed by atoms with Crippen molar-refractivity contribution >= 4 is 26.8 Å². The largest absolute Gasteiger partial charge is 0.256 e. The number of pyridine rings is 1.